The number of ether oxygens (including phenoxy) is 1. The van der Waals surface area contributed by atoms with Crippen molar-refractivity contribution < 1.29 is 24.3 Å². The fourth-order valence-corrected chi connectivity index (χ4v) is 5.97. The van der Waals surface area contributed by atoms with Crippen molar-refractivity contribution in [1.29, 1.82) is 0 Å². The van der Waals surface area contributed by atoms with Crippen LogP contribution < -0.4 is 0 Å². The Balaban J connectivity index is 1.19. The molecule has 0 saturated heterocycles. The topological polar surface area (TPSA) is 106 Å². The number of nitrogens with zero attached hydrogens (tertiary/aromatic N) is 2. The molecule has 0 atom stereocenters. The van der Waals surface area contributed by atoms with Crippen LogP contribution in [0.3, 0.4) is 0 Å². The van der Waals surface area contributed by atoms with E-state index in [9.17, 15) is 15.0 Å². The SMILES string of the molecule is O=C(O)c1ccnc2ccc([C@]3(O)CC[C@@H](OCc4c(-c5c(Cl)cccc5Cl)noc4C4CC4)CC3)cc12. The third-order valence-electron chi connectivity index (χ3n) is 7.70. The largest absolute Gasteiger partial charge is 0.478 e. The van der Waals surface area contributed by atoms with E-state index in [1.54, 1.807) is 30.3 Å². The molecule has 0 unspecified atom stereocenters. The van der Waals surface area contributed by atoms with Crippen LogP contribution >= 0.6 is 23.2 Å². The summed E-state index contributed by atoms with van der Waals surface area (Å²) in [6.45, 7) is 0.318. The lowest BCUT2D eigenvalue weighted by molar-refractivity contribution is -0.0640. The van der Waals surface area contributed by atoms with Gasteiger partial charge in [0.2, 0.25) is 0 Å². The predicted octanol–water partition coefficient (Wildman–Crippen LogP) is 7.12. The van der Waals surface area contributed by atoms with Crippen LogP contribution in [0.1, 0.15) is 71.7 Å². The summed E-state index contributed by atoms with van der Waals surface area (Å²) >= 11 is 12.9. The molecule has 2 aliphatic rings. The first-order chi connectivity index (χ1) is 18.3. The standard InChI is InChI=1S/C29H26Cl2N2O5/c30-22-2-1-3-23(31)25(22)26-21(27(38-33-26)16-4-5-16)15-37-18-8-11-29(36,12-9-18)17-6-7-24-20(14-17)19(28(34)35)10-13-32-24/h1-3,6-7,10,13-14,16,18,36H,4-5,8-9,11-12,15H2,(H,34,35)/t18-,29+. The number of pyridine rings is 1. The fourth-order valence-electron chi connectivity index (χ4n) is 5.40. The van der Waals surface area contributed by atoms with Crippen molar-refractivity contribution >= 4 is 40.1 Å². The molecule has 9 heteroatoms. The second kappa shape index (κ2) is 9.97. The summed E-state index contributed by atoms with van der Waals surface area (Å²) in [5.74, 6) is 0.156. The Hall–Kier alpha value is -2.97. The molecule has 2 N–H and O–H groups in total. The maximum Gasteiger partial charge on any atom is 0.336 e. The molecule has 0 amide bonds. The first-order valence-corrected chi connectivity index (χ1v) is 13.5. The molecule has 196 valence electrons. The van der Waals surface area contributed by atoms with Gasteiger partial charge >= 0.3 is 5.97 Å². The van der Waals surface area contributed by atoms with Crippen molar-refractivity contribution in [3.05, 3.63) is 81.2 Å². The number of aromatic carboxylic acids is 1. The van der Waals surface area contributed by atoms with E-state index in [0.29, 0.717) is 76.0 Å². The molecule has 0 bridgehead atoms. The van der Waals surface area contributed by atoms with Gasteiger partial charge in [0.25, 0.3) is 0 Å². The summed E-state index contributed by atoms with van der Waals surface area (Å²) in [7, 11) is 0. The van der Waals surface area contributed by atoms with Crippen molar-refractivity contribution in [2.45, 2.75) is 62.8 Å². The number of halogens is 2. The molecule has 2 aromatic carbocycles. The van der Waals surface area contributed by atoms with Gasteiger partial charge in [-0.15, -0.1) is 0 Å². The van der Waals surface area contributed by atoms with Crippen LogP contribution in [-0.4, -0.2) is 32.4 Å². The lowest BCUT2D eigenvalue weighted by Crippen LogP contribution is -2.34. The van der Waals surface area contributed by atoms with Gasteiger partial charge in [0.1, 0.15) is 11.5 Å². The highest BCUT2D eigenvalue weighted by Gasteiger charge is 2.37. The molecule has 0 radical (unpaired) electrons. The average molecular weight is 553 g/mol. The summed E-state index contributed by atoms with van der Waals surface area (Å²) in [4.78, 5) is 15.9. The van der Waals surface area contributed by atoms with Crippen LogP contribution in [0.25, 0.3) is 22.2 Å². The quantitative estimate of drug-likeness (QED) is 0.251. The zero-order valence-electron chi connectivity index (χ0n) is 20.5. The fraction of sp³-hybridized carbons (Fsp3) is 0.345. The third kappa shape index (κ3) is 4.69. The zero-order chi connectivity index (χ0) is 26.4. The van der Waals surface area contributed by atoms with E-state index in [1.165, 1.54) is 12.3 Å². The molecule has 2 aromatic heterocycles. The normalized spacial score (nSPS) is 21.6. The summed E-state index contributed by atoms with van der Waals surface area (Å²) in [6.07, 6.45) is 5.83. The van der Waals surface area contributed by atoms with E-state index in [-0.39, 0.29) is 11.7 Å². The molecule has 38 heavy (non-hydrogen) atoms. The Morgan fingerprint density at radius 2 is 1.82 bits per heavy atom. The van der Waals surface area contributed by atoms with Crippen molar-refractivity contribution in [3.63, 3.8) is 0 Å². The smallest absolute Gasteiger partial charge is 0.336 e. The number of hydrogen-bond donors (Lipinski definition) is 2. The van der Waals surface area contributed by atoms with Crippen molar-refractivity contribution in [2.75, 3.05) is 0 Å². The summed E-state index contributed by atoms with van der Waals surface area (Å²) < 4.78 is 12.1. The van der Waals surface area contributed by atoms with Crippen molar-refractivity contribution in [3.8, 4) is 11.3 Å². The molecule has 6 rings (SSSR count). The predicted molar refractivity (Wildman–Crippen MR) is 144 cm³/mol. The van der Waals surface area contributed by atoms with E-state index >= 15 is 0 Å². The average Bonchev–Trinajstić information content (AvgIpc) is 3.67. The van der Waals surface area contributed by atoms with Crippen LogP contribution in [0.2, 0.25) is 10.0 Å². The van der Waals surface area contributed by atoms with Gasteiger partial charge in [0.15, 0.2) is 0 Å². The molecular weight excluding hydrogens is 527 g/mol. The van der Waals surface area contributed by atoms with Gasteiger partial charge in [-0.1, -0.05) is 40.5 Å². The van der Waals surface area contributed by atoms with Crippen LogP contribution in [0.15, 0.2) is 53.2 Å². The second-order valence-electron chi connectivity index (χ2n) is 10.2. The Kier molecular flexibility index (Phi) is 6.64. The minimum Gasteiger partial charge on any atom is -0.478 e. The van der Waals surface area contributed by atoms with E-state index in [1.807, 2.05) is 6.07 Å². The maximum absolute atomic E-state index is 11.7. The molecule has 7 nitrogen and oxygen atoms in total. The number of hydrogen-bond acceptors (Lipinski definition) is 6. The van der Waals surface area contributed by atoms with Crippen molar-refractivity contribution in [2.24, 2.45) is 0 Å². The van der Waals surface area contributed by atoms with Gasteiger partial charge in [-0.05, 0) is 74.4 Å². The minimum absolute atomic E-state index is 0.0523. The molecule has 2 heterocycles. The number of fused-ring (bicyclic) bond motifs is 1. The zero-order valence-corrected chi connectivity index (χ0v) is 22.0. The number of aromatic nitrogens is 2. The molecule has 4 aromatic rings. The lowest BCUT2D eigenvalue weighted by atomic mass is 9.78. The maximum atomic E-state index is 11.7. The van der Waals surface area contributed by atoms with E-state index in [4.69, 9.17) is 32.5 Å². The van der Waals surface area contributed by atoms with Crippen LogP contribution in [-0.2, 0) is 16.9 Å². The number of benzene rings is 2. The lowest BCUT2D eigenvalue weighted by Gasteiger charge is -2.36. The highest BCUT2D eigenvalue weighted by atomic mass is 35.5. The Bertz CT molecular complexity index is 1500. The van der Waals surface area contributed by atoms with Gasteiger partial charge in [-0.3, -0.25) is 4.98 Å². The monoisotopic (exact) mass is 552 g/mol. The highest BCUT2D eigenvalue weighted by Crippen LogP contribution is 2.46. The van der Waals surface area contributed by atoms with Crippen LogP contribution in [0.4, 0.5) is 0 Å². The second-order valence-corrected chi connectivity index (χ2v) is 11.0. The molecule has 2 aliphatic carbocycles. The van der Waals surface area contributed by atoms with E-state index < -0.39 is 11.6 Å². The van der Waals surface area contributed by atoms with Gasteiger partial charge in [0, 0.05) is 28.6 Å². The number of carboxylic acid groups (broad SMARTS) is 1. The summed E-state index contributed by atoms with van der Waals surface area (Å²) in [5.41, 5.74) is 2.54. The first kappa shape index (κ1) is 25.3. The van der Waals surface area contributed by atoms with Gasteiger partial charge in [-0.2, -0.15) is 0 Å². The van der Waals surface area contributed by atoms with Crippen LogP contribution in [0, 0.1) is 0 Å². The number of carboxylic acids is 1. The Morgan fingerprint density at radius 1 is 1.08 bits per heavy atom. The Morgan fingerprint density at radius 3 is 2.50 bits per heavy atom. The number of aliphatic hydroxyl groups is 1. The van der Waals surface area contributed by atoms with Gasteiger partial charge in [0.05, 0.1) is 39.4 Å². The third-order valence-corrected chi connectivity index (χ3v) is 8.33. The van der Waals surface area contributed by atoms with Crippen molar-refractivity contribution in [1.82, 2.24) is 10.1 Å². The van der Waals surface area contributed by atoms with Gasteiger partial charge in [-0.25, -0.2) is 4.79 Å². The van der Waals surface area contributed by atoms with E-state index in [2.05, 4.69) is 10.1 Å². The molecule has 0 aliphatic heterocycles. The molecule has 0 spiro atoms. The van der Waals surface area contributed by atoms with E-state index in [0.717, 1.165) is 24.2 Å². The minimum atomic E-state index is -1.06. The molecular formula is C29H26Cl2N2O5. The summed E-state index contributed by atoms with van der Waals surface area (Å²) in [5, 5.41) is 26.9. The summed E-state index contributed by atoms with van der Waals surface area (Å²) in [6, 6.07) is 12.2. The molecule has 2 fully saturated rings. The van der Waals surface area contributed by atoms with Crippen LogP contribution in [0.5, 0.6) is 0 Å². The molecule has 2 saturated carbocycles. The Labute approximate surface area is 229 Å². The first-order valence-electron chi connectivity index (χ1n) is 12.7. The highest BCUT2D eigenvalue weighted by molar-refractivity contribution is 6.39. The number of rotatable bonds is 7. The van der Waals surface area contributed by atoms with Gasteiger partial charge < -0.3 is 19.5 Å². The number of carbonyl (C=O) groups is 1.